The number of benzene rings is 2. The molecule has 0 spiro atoms. The van der Waals surface area contributed by atoms with E-state index < -0.39 is 0 Å². The maximum absolute atomic E-state index is 12.3. The predicted molar refractivity (Wildman–Crippen MR) is 88.7 cm³/mol. The van der Waals surface area contributed by atoms with Crippen molar-refractivity contribution in [1.29, 1.82) is 0 Å². The maximum atomic E-state index is 12.3. The molecule has 124 valence electrons. The van der Waals surface area contributed by atoms with E-state index in [0.29, 0.717) is 21.8 Å². The summed E-state index contributed by atoms with van der Waals surface area (Å²) in [6.07, 6.45) is 0. The molecule has 0 aliphatic carbocycles. The third-order valence-corrected chi connectivity index (χ3v) is 3.69. The summed E-state index contributed by atoms with van der Waals surface area (Å²) in [6, 6.07) is 13.8. The van der Waals surface area contributed by atoms with Crippen molar-refractivity contribution in [3.05, 3.63) is 69.2 Å². The van der Waals surface area contributed by atoms with Gasteiger partial charge in [-0.1, -0.05) is 34.7 Å². The molecule has 0 amide bonds. The average Bonchev–Trinajstić information content (AvgIpc) is 2.66. The first kappa shape index (κ1) is 15.1. The van der Waals surface area contributed by atoms with Crippen molar-refractivity contribution in [2.75, 3.05) is 0 Å². The van der Waals surface area contributed by atoms with Gasteiger partial charge in [-0.3, -0.25) is 9.59 Å². The summed E-state index contributed by atoms with van der Waals surface area (Å²) in [4.78, 5) is 24.6. The standard InChI is InChI=1S/C16H12N6O3/c23-15-11-5-1-3-7-13(11)17-19-21(15)9-25-10-22-16(24)12-6-2-4-8-14(12)18-20-22/h1-8H,9-10H2. The fourth-order valence-corrected chi connectivity index (χ4v) is 2.43. The van der Waals surface area contributed by atoms with Gasteiger partial charge in [-0.05, 0) is 24.3 Å². The third-order valence-electron chi connectivity index (χ3n) is 3.69. The van der Waals surface area contributed by atoms with Crippen LogP contribution in [0.1, 0.15) is 0 Å². The molecule has 9 heteroatoms. The van der Waals surface area contributed by atoms with Crippen molar-refractivity contribution >= 4 is 21.8 Å². The molecule has 0 saturated heterocycles. The summed E-state index contributed by atoms with van der Waals surface area (Å²) in [5, 5.41) is 16.5. The monoisotopic (exact) mass is 336 g/mol. The highest BCUT2D eigenvalue weighted by Gasteiger charge is 2.07. The van der Waals surface area contributed by atoms with Crippen molar-refractivity contribution < 1.29 is 4.74 Å². The molecule has 0 aliphatic heterocycles. The zero-order valence-corrected chi connectivity index (χ0v) is 12.9. The van der Waals surface area contributed by atoms with Gasteiger partial charge in [0.15, 0.2) is 0 Å². The highest BCUT2D eigenvalue weighted by atomic mass is 16.5. The Morgan fingerprint density at radius 1 is 0.720 bits per heavy atom. The van der Waals surface area contributed by atoms with Gasteiger partial charge in [-0.2, -0.15) is 9.36 Å². The van der Waals surface area contributed by atoms with E-state index in [1.165, 1.54) is 0 Å². The van der Waals surface area contributed by atoms with Crippen LogP contribution in [-0.4, -0.2) is 30.0 Å². The van der Waals surface area contributed by atoms with Crippen LogP contribution in [0.4, 0.5) is 0 Å². The van der Waals surface area contributed by atoms with Crippen LogP contribution in [0.5, 0.6) is 0 Å². The lowest BCUT2D eigenvalue weighted by Crippen LogP contribution is -2.29. The van der Waals surface area contributed by atoms with Gasteiger partial charge in [0.05, 0.1) is 10.8 Å². The van der Waals surface area contributed by atoms with Crippen LogP contribution < -0.4 is 11.1 Å². The Kier molecular flexibility index (Phi) is 3.75. The van der Waals surface area contributed by atoms with Gasteiger partial charge in [0, 0.05) is 0 Å². The van der Waals surface area contributed by atoms with Crippen molar-refractivity contribution in [2.45, 2.75) is 13.5 Å². The molecule has 2 heterocycles. The topological polar surface area (TPSA) is 105 Å². The maximum Gasteiger partial charge on any atom is 0.279 e. The van der Waals surface area contributed by atoms with Crippen LogP contribution in [0.3, 0.4) is 0 Å². The van der Waals surface area contributed by atoms with E-state index in [1.54, 1.807) is 48.5 Å². The summed E-state index contributed by atoms with van der Waals surface area (Å²) in [6.45, 7) is -0.310. The molecule has 0 atom stereocenters. The number of aromatic nitrogens is 6. The Balaban J connectivity index is 1.55. The molecule has 0 saturated carbocycles. The van der Waals surface area contributed by atoms with E-state index in [0.717, 1.165) is 9.36 Å². The molecule has 4 rings (SSSR count). The minimum atomic E-state index is -0.317. The quantitative estimate of drug-likeness (QED) is 0.535. The molecule has 2 aromatic carbocycles. The number of hydrogen-bond acceptors (Lipinski definition) is 7. The van der Waals surface area contributed by atoms with Gasteiger partial charge >= 0.3 is 0 Å². The first-order valence-corrected chi connectivity index (χ1v) is 7.47. The molecule has 0 radical (unpaired) electrons. The van der Waals surface area contributed by atoms with Crippen LogP contribution in [0, 0.1) is 0 Å². The average molecular weight is 336 g/mol. The number of hydrogen-bond donors (Lipinski definition) is 0. The van der Waals surface area contributed by atoms with E-state index in [9.17, 15) is 9.59 Å². The Labute approximate surface area is 140 Å². The Morgan fingerprint density at radius 3 is 1.64 bits per heavy atom. The zero-order chi connectivity index (χ0) is 17.2. The first-order chi connectivity index (χ1) is 12.2. The highest BCUT2D eigenvalue weighted by molar-refractivity contribution is 5.77. The largest absolute Gasteiger partial charge is 0.337 e. The van der Waals surface area contributed by atoms with E-state index >= 15 is 0 Å². The SMILES string of the molecule is O=c1c2ccccc2nnn1COCn1nnc2ccccc2c1=O. The van der Waals surface area contributed by atoms with Crippen LogP contribution in [-0.2, 0) is 18.2 Å². The van der Waals surface area contributed by atoms with Gasteiger partial charge in [0.2, 0.25) is 0 Å². The van der Waals surface area contributed by atoms with Gasteiger partial charge in [0.25, 0.3) is 11.1 Å². The number of rotatable bonds is 4. The second-order valence-corrected chi connectivity index (χ2v) is 5.28. The number of ether oxygens (including phenoxy) is 1. The fourth-order valence-electron chi connectivity index (χ4n) is 2.43. The van der Waals surface area contributed by atoms with E-state index in [4.69, 9.17) is 4.74 Å². The predicted octanol–water partition coefficient (Wildman–Crippen LogP) is 0.528. The van der Waals surface area contributed by atoms with Crippen molar-refractivity contribution in [2.24, 2.45) is 0 Å². The van der Waals surface area contributed by atoms with E-state index in [2.05, 4.69) is 20.6 Å². The molecular weight excluding hydrogens is 324 g/mol. The molecule has 0 N–H and O–H groups in total. The lowest BCUT2D eigenvalue weighted by atomic mass is 10.2. The molecule has 0 fully saturated rings. The summed E-state index contributed by atoms with van der Waals surface area (Å²) < 4.78 is 7.56. The molecule has 4 aromatic rings. The van der Waals surface area contributed by atoms with Crippen molar-refractivity contribution in [3.63, 3.8) is 0 Å². The Hall–Kier alpha value is -3.46. The molecule has 25 heavy (non-hydrogen) atoms. The minimum absolute atomic E-state index is 0.155. The molecular formula is C16H12N6O3. The van der Waals surface area contributed by atoms with Crippen LogP contribution in [0.2, 0.25) is 0 Å². The van der Waals surface area contributed by atoms with Gasteiger partial charge < -0.3 is 4.74 Å². The smallest absolute Gasteiger partial charge is 0.279 e. The second kappa shape index (κ2) is 6.21. The van der Waals surface area contributed by atoms with Crippen molar-refractivity contribution in [1.82, 2.24) is 30.0 Å². The van der Waals surface area contributed by atoms with Crippen LogP contribution in [0.25, 0.3) is 21.8 Å². The number of nitrogens with zero attached hydrogens (tertiary/aromatic N) is 6. The van der Waals surface area contributed by atoms with Gasteiger partial charge in [-0.25, -0.2) is 0 Å². The first-order valence-electron chi connectivity index (χ1n) is 7.47. The van der Waals surface area contributed by atoms with Gasteiger partial charge in [0.1, 0.15) is 24.5 Å². The lowest BCUT2D eigenvalue weighted by Gasteiger charge is -2.07. The molecule has 0 aliphatic rings. The van der Waals surface area contributed by atoms with Crippen LogP contribution in [0.15, 0.2) is 58.1 Å². The summed E-state index contributed by atoms with van der Waals surface area (Å²) in [5.74, 6) is 0. The van der Waals surface area contributed by atoms with Gasteiger partial charge in [-0.15, -0.1) is 10.2 Å². The van der Waals surface area contributed by atoms with E-state index in [-0.39, 0.29) is 24.6 Å². The Bertz CT molecular complexity index is 1090. The molecule has 2 aromatic heterocycles. The summed E-state index contributed by atoms with van der Waals surface area (Å²) in [7, 11) is 0. The zero-order valence-electron chi connectivity index (χ0n) is 12.9. The minimum Gasteiger partial charge on any atom is -0.337 e. The number of fused-ring (bicyclic) bond motifs is 2. The summed E-state index contributed by atoms with van der Waals surface area (Å²) in [5.41, 5.74) is 0.394. The third kappa shape index (κ3) is 2.76. The molecule has 0 unspecified atom stereocenters. The fraction of sp³-hybridized carbons (Fsp3) is 0.125. The molecule has 0 bridgehead atoms. The lowest BCUT2D eigenvalue weighted by molar-refractivity contribution is 0.00754. The highest BCUT2D eigenvalue weighted by Crippen LogP contribution is 2.04. The molecule has 9 nitrogen and oxygen atoms in total. The Morgan fingerprint density at radius 2 is 1.16 bits per heavy atom. The van der Waals surface area contributed by atoms with Crippen LogP contribution >= 0.6 is 0 Å². The normalized spacial score (nSPS) is 11.2. The second-order valence-electron chi connectivity index (χ2n) is 5.28. The van der Waals surface area contributed by atoms with Crippen molar-refractivity contribution in [3.8, 4) is 0 Å². The van der Waals surface area contributed by atoms with E-state index in [1.807, 2.05) is 0 Å². The summed E-state index contributed by atoms with van der Waals surface area (Å²) >= 11 is 0.